The molecule has 1 fully saturated rings. The highest BCUT2D eigenvalue weighted by Crippen LogP contribution is 2.25. The van der Waals surface area contributed by atoms with Crippen LogP contribution in [0.25, 0.3) is 0 Å². The molecule has 6 nitrogen and oxygen atoms in total. The summed E-state index contributed by atoms with van der Waals surface area (Å²) >= 11 is 0. The fourth-order valence-electron chi connectivity index (χ4n) is 3.83. The third-order valence-electron chi connectivity index (χ3n) is 5.61. The van der Waals surface area contributed by atoms with Crippen molar-refractivity contribution >= 4 is 11.8 Å². The van der Waals surface area contributed by atoms with Crippen molar-refractivity contribution in [3.8, 4) is 11.5 Å². The van der Waals surface area contributed by atoms with Crippen LogP contribution >= 0.6 is 0 Å². The van der Waals surface area contributed by atoms with Crippen molar-refractivity contribution in [1.29, 1.82) is 0 Å². The molecular weight excluding hydrogens is 380 g/mol. The van der Waals surface area contributed by atoms with Gasteiger partial charge in [0, 0.05) is 37.7 Å². The van der Waals surface area contributed by atoms with E-state index in [9.17, 15) is 9.59 Å². The van der Waals surface area contributed by atoms with Gasteiger partial charge in [0.05, 0.1) is 14.2 Å². The minimum absolute atomic E-state index is 0.0651. The Morgan fingerprint density at radius 1 is 1.03 bits per heavy atom. The molecular formula is C24H30N2O4. The highest BCUT2D eigenvalue weighted by Gasteiger charge is 2.25. The van der Waals surface area contributed by atoms with Gasteiger partial charge in [-0.15, -0.1) is 0 Å². The number of amides is 2. The maximum absolute atomic E-state index is 12.5. The number of benzene rings is 2. The van der Waals surface area contributed by atoms with Gasteiger partial charge in [-0.2, -0.15) is 0 Å². The van der Waals surface area contributed by atoms with Crippen molar-refractivity contribution in [2.24, 2.45) is 5.92 Å². The Bertz CT molecular complexity index is 846. The molecule has 6 heteroatoms. The van der Waals surface area contributed by atoms with Crippen LogP contribution < -0.4 is 14.8 Å². The molecule has 30 heavy (non-hydrogen) atoms. The van der Waals surface area contributed by atoms with Crippen LogP contribution in [-0.2, 0) is 11.2 Å². The van der Waals surface area contributed by atoms with E-state index in [1.807, 2.05) is 53.4 Å². The predicted molar refractivity (Wildman–Crippen MR) is 116 cm³/mol. The average molecular weight is 411 g/mol. The smallest absolute Gasteiger partial charge is 0.253 e. The zero-order valence-corrected chi connectivity index (χ0v) is 17.7. The third-order valence-corrected chi connectivity index (χ3v) is 5.61. The fraction of sp³-hybridized carbons (Fsp3) is 0.417. The van der Waals surface area contributed by atoms with E-state index in [2.05, 4.69) is 5.32 Å². The molecule has 1 heterocycles. The molecule has 1 aliphatic rings. The SMILES string of the molecule is COc1ccc(CCNC(=O)CC2CCN(C(=O)c3ccccc3)CC2)c(OC)c1. The molecule has 0 unspecified atom stereocenters. The molecule has 0 aromatic heterocycles. The Hall–Kier alpha value is -3.02. The van der Waals surface area contributed by atoms with Crippen LogP contribution in [-0.4, -0.2) is 50.6 Å². The first-order valence-corrected chi connectivity index (χ1v) is 10.4. The number of ether oxygens (including phenoxy) is 2. The van der Waals surface area contributed by atoms with E-state index in [1.54, 1.807) is 14.2 Å². The second kappa shape index (κ2) is 10.7. The maximum atomic E-state index is 12.5. The summed E-state index contributed by atoms with van der Waals surface area (Å²) in [5.74, 6) is 1.97. The largest absolute Gasteiger partial charge is 0.497 e. The van der Waals surface area contributed by atoms with Crippen molar-refractivity contribution in [3.05, 3.63) is 59.7 Å². The van der Waals surface area contributed by atoms with Crippen molar-refractivity contribution in [1.82, 2.24) is 10.2 Å². The summed E-state index contributed by atoms with van der Waals surface area (Å²) in [7, 11) is 3.25. The van der Waals surface area contributed by atoms with Crippen LogP contribution in [0.1, 0.15) is 35.2 Å². The molecule has 0 spiro atoms. The standard InChI is InChI=1S/C24H30N2O4/c1-29-21-9-8-19(22(17-21)30-2)10-13-25-23(27)16-18-11-14-26(15-12-18)24(28)20-6-4-3-5-7-20/h3-9,17-18H,10-16H2,1-2H3,(H,25,27). The van der Waals surface area contributed by atoms with Gasteiger partial charge in [-0.1, -0.05) is 24.3 Å². The molecule has 0 radical (unpaired) electrons. The number of rotatable bonds is 8. The summed E-state index contributed by atoms with van der Waals surface area (Å²) in [5.41, 5.74) is 1.76. The van der Waals surface area contributed by atoms with Crippen LogP contribution in [0.15, 0.2) is 48.5 Å². The zero-order chi connectivity index (χ0) is 21.3. The topological polar surface area (TPSA) is 67.9 Å². The van der Waals surface area contributed by atoms with E-state index in [0.29, 0.717) is 38.4 Å². The summed E-state index contributed by atoms with van der Waals surface area (Å²) in [6, 6.07) is 15.1. The number of carbonyl (C=O) groups excluding carboxylic acids is 2. The van der Waals surface area contributed by atoms with Crippen LogP contribution in [0.5, 0.6) is 11.5 Å². The number of carbonyl (C=O) groups is 2. The van der Waals surface area contributed by atoms with E-state index in [1.165, 1.54) is 0 Å². The number of likely N-dealkylation sites (tertiary alicyclic amines) is 1. The third kappa shape index (κ3) is 5.75. The molecule has 0 saturated carbocycles. The molecule has 0 bridgehead atoms. The van der Waals surface area contributed by atoms with Gasteiger partial charge in [0.1, 0.15) is 11.5 Å². The number of hydrogen-bond acceptors (Lipinski definition) is 4. The Morgan fingerprint density at radius 2 is 1.77 bits per heavy atom. The number of methoxy groups -OCH3 is 2. The first kappa shape index (κ1) is 21.7. The number of hydrogen-bond donors (Lipinski definition) is 1. The molecule has 1 N–H and O–H groups in total. The van der Waals surface area contributed by atoms with Gasteiger partial charge in [0.25, 0.3) is 5.91 Å². The van der Waals surface area contributed by atoms with Crippen molar-refractivity contribution in [2.45, 2.75) is 25.7 Å². The second-order valence-electron chi connectivity index (χ2n) is 7.58. The maximum Gasteiger partial charge on any atom is 0.253 e. The predicted octanol–water partition coefficient (Wildman–Crippen LogP) is 3.31. The molecule has 1 saturated heterocycles. The van der Waals surface area contributed by atoms with Crippen LogP contribution in [0.4, 0.5) is 0 Å². The molecule has 2 aromatic rings. The first-order chi connectivity index (χ1) is 14.6. The summed E-state index contributed by atoms with van der Waals surface area (Å²) in [4.78, 5) is 26.8. The number of piperidine rings is 1. The van der Waals surface area contributed by atoms with Gasteiger partial charge in [-0.3, -0.25) is 9.59 Å². The number of nitrogens with zero attached hydrogens (tertiary/aromatic N) is 1. The Balaban J connectivity index is 1.40. The molecule has 0 aliphatic carbocycles. The van der Waals surface area contributed by atoms with Crippen molar-refractivity contribution in [2.75, 3.05) is 33.9 Å². The monoisotopic (exact) mass is 410 g/mol. The molecule has 0 atom stereocenters. The average Bonchev–Trinajstić information content (AvgIpc) is 2.79. The van der Waals surface area contributed by atoms with Gasteiger partial charge < -0.3 is 19.7 Å². The lowest BCUT2D eigenvalue weighted by atomic mass is 9.93. The van der Waals surface area contributed by atoms with E-state index in [4.69, 9.17) is 9.47 Å². The van der Waals surface area contributed by atoms with Gasteiger partial charge >= 0.3 is 0 Å². The Labute approximate surface area is 178 Å². The lowest BCUT2D eigenvalue weighted by Gasteiger charge is -2.31. The van der Waals surface area contributed by atoms with Gasteiger partial charge in [0.15, 0.2) is 0 Å². The number of nitrogens with one attached hydrogen (secondary N) is 1. The Kier molecular flexibility index (Phi) is 7.71. The highest BCUT2D eigenvalue weighted by atomic mass is 16.5. The summed E-state index contributed by atoms with van der Waals surface area (Å²) < 4.78 is 10.6. The van der Waals surface area contributed by atoms with E-state index >= 15 is 0 Å². The van der Waals surface area contributed by atoms with Crippen molar-refractivity contribution < 1.29 is 19.1 Å². The lowest BCUT2D eigenvalue weighted by molar-refractivity contribution is -0.122. The molecule has 3 rings (SSSR count). The van der Waals surface area contributed by atoms with Crippen LogP contribution in [0, 0.1) is 5.92 Å². The van der Waals surface area contributed by atoms with E-state index < -0.39 is 0 Å². The highest BCUT2D eigenvalue weighted by molar-refractivity contribution is 5.94. The van der Waals surface area contributed by atoms with Gasteiger partial charge in [0.2, 0.25) is 5.91 Å². The zero-order valence-electron chi connectivity index (χ0n) is 17.7. The molecule has 160 valence electrons. The van der Waals surface area contributed by atoms with Crippen LogP contribution in [0.2, 0.25) is 0 Å². The lowest BCUT2D eigenvalue weighted by Crippen LogP contribution is -2.39. The molecule has 2 amide bonds. The van der Waals surface area contributed by atoms with Gasteiger partial charge in [-0.25, -0.2) is 0 Å². The fourth-order valence-corrected chi connectivity index (χ4v) is 3.83. The van der Waals surface area contributed by atoms with Crippen LogP contribution in [0.3, 0.4) is 0 Å². The quantitative estimate of drug-likeness (QED) is 0.725. The molecule has 2 aromatic carbocycles. The van der Waals surface area contributed by atoms with E-state index in [0.717, 1.165) is 35.5 Å². The Morgan fingerprint density at radius 3 is 2.43 bits per heavy atom. The second-order valence-corrected chi connectivity index (χ2v) is 7.58. The summed E-state index contributed by atoms with van der Waals surface area (Å²) in [6.07, 6.45) is 2.92. The molecule has 1 aliphatic heterocycles. The summed E-state index contributed by atoms with van der Waals surface area (Å²) in [6.45, 7) is 1.97. The minimum Gasteiger partial charge on any atom is -0.497 e. The van der Waals surface area contributed by atoms with E-state index in [-0.39, 0.29) is 11.8 Å². The van der Waals surface area contributed by atoms with Gasteiger partial charge in [-0.05, 0) is 48.9 Å². The normalized spacial score (nSPS) is 14.3. The van der Waals surface area contributed by atoms with Crippen molar-refractivity contribution in [3.63, 3.8) is 0 Å². The first-order valence-electron chi connectivity index (χ1n) is 10.4. The minimum atomic E-state index is 0.0651. The summed E-state index contributed by atoms with van der Waals surface area (Å²) in [5, 5.41) is 3.01.